The molecule has 0 aliphatic carbocycles. The van der Waals surface area contributed by atoms with Gasteiger partial charge in [-0.15, -0.1) is 0 Å². The summed E-state index contributed by atoms with van der Waals surface area (Å²) in [6.45, 7) is 2.96. The Labute approximate surface area is 154 Å². The maximum absolute atomic E-state index is 12.5. The fraction of sp³-hybridized carbons (Fsp3) is 0.368. The standard InChI is InChI=1S/C19H20F3N3O2/c1-12-10-15(8-9-23-12)25-18(26)13-2-5-16(6-3-13)27-17-7-4-14(11-24-17)19(20,21)22/h2-7,11-12,15,23H,8-10H2,1H3,(H,25,26). The molecule has 2 aromatic rings. The smallest absolute Gasteiger partial charge is 0.417 e. The van der Waals surface area contributed by atoms with Gasteiger partial charge in [0.1, 0.15) is 5.75 Å². The van der Waals surface area contributed by atoms with Crippen molar-refractivity contribution in [3.63, 3.8) is 0 Å². The number of carbonyl (C=O) groups excluding carboxylic acids is 1. The quantitative estimate of drug-likeness (QED) is 0.849. The zero-order chi connectivity index (χ0) is 19.4. The zero-order valence-electron chi connectivity index (χ0n) is 14.7. The number of nitrogens with one attached hydrogen (secondary N) is 2. The van der Waals surface area contributed by atoms with E-state index in [0.29, 0.717) is 17.4 Å². The molecule has 144 valence electrons. The van der Waals surface area contributed by atoms with E-state index < -0.39 is 11.7 Å². The number of alkyl halides is 3. The molecule has 0 radical (unpaired) electrons. The number of amides is 1. The lowest BCUT2D eigenvalue weighted by molar-refractivity contribution is -0.137. The minimum Gasteiger partial charge on any atom is -0.439 e. The Morgan fingerprint density at radius 1 is 1.22 bits per heavy atom. The molecular weight excluding hydrogens is 359 g/mol. The summed E-state index contributed by atoms with van der Waals surface area (Å²) < 4.78 is 43.0. The predicted octanol–water partition coefficient (Wildman–Crippen LogP) is 3.76. The van der Waals surface area contributed by atoms with Crippen molar-refractivity contribution in [2.45, 2.75) is 38.0 Å². The molecule has 0 spiro atoms. The molecule has 1 aliphatic heterocycles. The zero-order valence-corrected chi connectivity index (χ0v) is 14.7. The predicted molar refractivity (Wildman–Crippen MR) is 93.7 cm³/mol. The molecule has 1 aromatic heterocycles. The van der Waals surface area contributed by atoms with Gasteiger partial charge in [0.05, 0.1) is 5.56 Å². The first kappa shape index (κ1) is 19.2. The summed E-state index contributed by atoms with van der Waals surface area (Å²) in [6.07, 6.45) is -1.95. The van der Waals surface area contributed by atoms with E-state index in [1.54, 1.807) is 24.3 Å². The highest BCUT2D eigenvalue weighted by Gasteiger charge is 2.30. The molecule has 2 unspecified atom stereocenters. The molecule has 0 bridgehead atoms. The highest BCUT2D eigenvalue weighted by Crippen LogP contribution is 2.30. The number of piperidine rings is 1. The number of nitrogens with zero attached hydrogens (tertiary/aromatic N) is 1. The van der Waals surface area contributed by atoms with Crippen LogP contribution in [0.25, 0.3) is 0 Å². The molecule has 2 heterocycles. The van der Waals surface area contributed by atoms with E-state index in [1.165, 1.54) is 0 Å². The molecule has 1 saturated heterocycles. The van der Waals surface area contributed by atoms with Crippen LogP contribution >= 0.6 is 0 Å². The van der Waals surface area contributed by atoms with Crippen LogP contribution in [-0.2, 0) is 6.18 Å². The van der Waals surface area contributed by atoms with E-state index in [9.17, 15) is 18.0 Å². The van der Waals surface area contributed by atoms with Crippen LogP contribution in [0.5, 0.6) is 11.6 Å². The van der Waals surface area contributed by atoms with Crippen molar-refractivity contribution >= 4 is 5.91 Å². The topological polar surface area (TPSA) is 63.2 Å². The lowest BCUT2D eigenvalue weighted by Crippen LogP contribution is -2.46. The van der Waals surface area contributed by atoms with E-state index >= 15 is 0 Å². The van der Waals surface area contributed by atoms with E-state index in [2.05, 4.69) is 22.5 Å². The van der Waals surface area contributed by atoms with Crippen LogP contribution in [0.1, 0.15) is 35.7 Å². The van der Waals surface area contributed by atoms with Gasteiger partial charge in [-0.05, 0) is 56.6 Å². The summed E-state index contributed by atoms with van der Waals surface area (Å²) in [5.41, 5.74) is -0.344. The van der Waals surface area contributed by atoms with E-state index in [-0.39, 0.29) is 17.8 Å². The van der Waals surface area contributed by atoms with Crippen molar-refractivity contribution in [2.75, 3.05) is 6.54 Å². The summed E-state index contributed by atoms with van der Waals surface area (Å²) in [6, 6.07) is 8.96. The maximum Gasteiger partial charge on any atom is 0.417 e. The largest absolute Gasteiger partial charge is 0.439 e. The minimum absolute atomic E-state index is 0.0453. The average molecular weight is 379 g/mol. The van der Waals surface area contributed by atoms with Crippen molar-refractivity contribution in [1.82, 2.24) is 15.6 Å². The Morgan fingerprint density at radius 2 is 1.96 bits per heavy atom. The van der Waals surface area contributed by atoms with E-state index in [4.69, 9.17) is 4.74 Å². The number of pyridine rings is 1. The van der Waals surface area contributed by atoms with E-state index in [1.807, 2.05) is 0 Å². The number of benzene rings is 1. The Bertz CT molecular complexity index is 776. The van der Waals surface area contributed by atoms with Crippen molar-refractivity contribution in [2.24, 2.45) is 0 Å². The van der Waals surface area contributed by atoms with Gasteiger partial charge >= 0.3 is 6.18 Å². The summed E-state index contributed by atoms with van der Waals surface area (Å²) in [7, 11) is 0. The SMILES string of the molecule is CC1CC(NC(=O)c2ccc(Oc3ccc(C(F)(F)F)cn3)cc2)CCN1. The van der Waals surface area contributed by atoms with Gasteiger partial charge in [-0.1, -0.05) is 0 Å². The van der Waals surface area contributed by atoms with Gasteiger partial charge in [0.2, 0.25) is 5.88 Å². The van der Waals surface area contributed by atoms with Gasteiger partial charge in [0.15, 0.2) is 0 Å². The third kappa shape index (κ3) is 5.19. The van der Waals surface area contributed by atoms with Gasteiger partial charge in [0, 0.05) is 29.9 Å². The number of rotatable bonds is 4. The molecular formula is C19H20F3N3O2. The number of halogens is 3. The molecule has 27 heavy (non-hydrogen) atoms. The van der Waals surface area contributed by atoms with Gasteiger partial charge in [-0.3, -0.25) is 4.79 Å². The minimum atomic E-state index is -4.44. The van der Waals surface area contributed by atoms with Crippen LogP contribution in [0.4, 0.5) is 13.2 Å². The Hall–Kier alpha value is -2.61. The van der Waals surface area contributed by atoms with Gasteiger partial charge in [-0.25, -0.2) is 4.98 Å². The van der Waals surface area contributed by atoms with Crippen molar-refractivity contribution in [3.8, 4) is 11.6 Å². The van der Waals surface area contributed by atoms with Crippen LogP contribution in [0.15, 0.2) is 42.6 Å². The second kappa shape index (κ2) is 7.96. The Morgan fingerprint density at radius 3 is 2.56 bits per heavy atom. The second-order valence-corrected chi connectivity index (χ2v) is 6.56. The van der Waals surface area contributed by atoms with E-state index in [0.717, 1.165) is 37.7 Å². The van der Waals surface area contributed by atoms with Gasteiger partial charge < -0.3 is 15.4 Å². The number of hydrogen-bond acceptors (Lipinski definition) is 4. The molecule has 2 N–H and O–H groups in total. The molecule has 0 saturated carbocycles. The second-order valence-electron chi connectivity index (χ2n) is 6.56. The Balaban J connectivity index is 1.59. The molecule has 8 heteroatoms. The molecule has 2 atom stereocenters. The summed E-state index contributed by atoms with van der Waals surface area (Å²) in [4.78, 5) is 16.0. The van der Waals surface area contributed by atoms with Crippen LogP contribution in [-0.4, -0.2) is 29.5 Å². The van der Waals surface area contributed by atoms with Crippen molar-refractivity contribution in [1.29, 1.82) is 0 Å². The summed E-state index contributed by atoms with van der Waals surface area (Å²) in [5, 5.41) is 6.35. The number of ether oxygens (including phenoxy) is 1. The number of aromatic nitrogens is 1. The van der Waals surface area contributed by atoms with Crippen LogP contribution in [0, 0.1) is 0 Å². The molecule has 1 amide bonds. The van der Waals surface area contributed by atoms with Crippen LogP contribution < -0.4 is 15.4 Å². The number of hydrogen-bond donors (Lipinski definition) is 2. The highest BCUT2D eigenvalue weighted by molar-refractivity contribution is 5.94. The van der Waals surface area contributed by atoms with Gasteiger partial charge in [0.25, 0.3) is 5.91 Å². The first-order valence-electron chi connectivity index (χ1n) is 8.66. The highest BCUT2D eigenvalue weighted by atomic mass is 19.4. The number of carbonyl (C=O) groups is 1. The normalized spacial score (nSPS) is 20.1. The van der Waals surface area contributed by atoms with Crippen molar-refractivity contribution < 1.29 is 22.7 Å². The summed E-state index contributed by atoms with van der Waals surface area (Å²) >= 11 is 0. The third-order valence-corrected chi connectivity index (χ3v) is 4.36. The first-order chi connectivity index (χ1) is 12.8. The molecule has 3 rings (SSSR count). The monoisotopic (exact) mass is 379 g/mol. The molecule has 1 fully saturated rings. The maximum atomic E-state index is 12.5. The fourth-order valence-electron chi connectivity index (χ4n) is 2.94. The lowest BCUT2D eigenvalue weighted by atomic mass is 10.0. The lowest BCUT2D eigenvalue weighted by Gasteiger charge is -2.28. The molecule has 1 aromatic carbocycles. The van der Waals surface area contributed by atoms with Crippen LogP contribution in [0.2, 0.25) is 0 Å². The third-order valence-electron chi connectivity index (χ3n) is 4.36. The molecule has 5 nitrogen and oxygen atoms in total. The Kier molecular flexibility index (Phi) is 5.65. The van der Waals surface area contributed by atoms with Gasteiger partial charge in [-0.2, -0.15) is 13.2 Å². The summed E-state index contributed by atoms with van der Waals surface area (Å²) in [5.74, 6) is 0.270. The van der Waals surface area contributed by atoms with Crippen LogP contribution in [0.3, 0.4) is 0 Å². The molecule has 1 aliphatic rings. The van der Waals surface area contributed by atoms with Crippen molar-refractivity contribution in [3.05, 3.63) is 53.7 Å². The fourth-order valence-corrected chi connectivity index (χ4v) is 2.94. The first-order valence-corrected chi connectivity index (χ1v) is 8.66. The average Bonchev–Trinajstić information content (AvgIpc) is 2.62.